The van der Waals surface area contributed by atoms with Gasteiger partial charge in [-0.1, -0.05) is 18.2 Å². The number of carbonyl (C=O) groups is 1. The molecule has 0 spiro atoms. The van der Waals surface area contributed by atoms with E-state index in [2.05, 4.69) is 64.3 Å². The van der Waals surface area contributed by atoms with Crippen molar-refractivity contribution in [2.24, 2.45) is 18.9 Å². The minimum Gasteiger partial charge on any atom is -0.477 e. The molecule has 3 aromatic heterocycles. The molecule has 1 fully saturated rings. The molecule has 1 atom stereocenters. The van der Waals surface area contributed by atoms with Crippen LogP contribution in [-0.2, 0) is 13.6 Å². The van der Waals surface area contributed by atoms with Crippen molar-refractivity contribution in [2.45, 2.75) is 45.6 Å². The summed E-state index contributed by atoms with van der Waals surface area (Å²) in [6.07, 6.45) is 11.6. The number of fused-ring (bicyclic) bond motifs is 7. The number of aryl methyl sites for hydroxylation is 2. The van der Waals surface area contributed by atoms with Crippen molar-refractivity contribution in [1.29, 1.82) is 0 Å². The van der Waals surface area contributed by atoms with Gasteiger partial charge < -0.3 is 14.2 Å². The summed E-state index contributed by atoms with van der Waals surface area (Å²) in [5.74, 6) is 2.23. The lowest BCUT2D eigenvalue weighted by molar-refractivity contribution is 0.102. The van der Waals surface area contributed by atoms with E-state index in [1.165, 1.54) is 12.8 Å². The molecule has 0 radical (unpaired) electrons. The number of imidazole rings is 1. The third kappa shape index (κ3) is 6.05. The molecular weight excluding hydrogens is 514 g/mol. The molecule has 9 nitrogen and oxygen atoms in total. The van der Waals surface area contributed by atoms with E-state index in [1.807, 2.05) is 26.1 Å². The summed E-state index contributed by atoms with van der Waals surface area (Å²) in [6, 6.07) is 9.98. The number of aromatic nitrogens is 5. The number of rotatable bonds is 5. The zero-order valence-electron chi connectivity index (χ0n) is 24.4. The second-order valence-electron chi connectivity index (χ2n) is 11.7. The minimum absolute atomic E-state index is 0.207. The Morgan fingerprint density at radius 2 is 1.98 bits per heavy atom. The molecule has 4 heterocycles. The predicted octanol–water partition coefficient (Wildman–Crippen LogP) is 5.56. The maximum Gasteiger partial charge on any atom is 0.258 e. The Morgan fingerprint density at radius 3 is 2.78 bits per heavy atom. The molecule has 1 saturated carbocycles. The molecule has 1 aliphatic heterocycles. The fourth-order valence-electron chi connectivity index (χ4n) is 5.75. The molecule has 2 bridgehead atoms. The summed E-state index contributed by atoms with van der Waals surface area (Å²) in [7, 11) is 6.05. The number of ether oxygens (including phenoxy) is 1. The average molecular weight is 554 g/mol. The Balaban J connectivity index is 1.40. The van der Waals surface area contributed by atoms with E-state index in [9.17, 15) is 4.79 Å². The van der Waals surface area contributed by atoms with E-state index in [-0.39, 0.29) is 5.91 Å². The first-order chi connectivity index (χ1) is 19.9. The third-order valence-electron chi connectivity index (χ3n) is 8.09. The summed E-state index contributed by atoms with van der Waals surface area (Å²) in [6.45, 7) is 4.32. The van der Waals surface area contributed by atoms with E-state index in [1.54, 1.807) is 10.9 Å². The van der Waals surface area contributed by atoms with Crippen LogP contribution in [0.25, 0.3) is 28.4 Å². The summed E-state index contributed by atoms with van der Waals surface area (Å²) in [5, 5.41) is 7.58. The zero-order valence-corrected chi connectivity index (χ0v) is 24.4. The van der Waals surface area contributed by atoms with Crippen LogP contribution in [0.3, 0.4) is 0 Å². The average Bonchev–Trinajstić information content (AvgIpc) is 3.65. The maximum atomic E-state index is 13.7. The SMILES string of the molecule is Cc1cc2cc(n1)-c1cnn(C)c1OCCC[C@@H](C1CC1)Cn1c(nc3ccc(C=CCCN(C)C)cc31)NC2=O. The van der Waals surface area contributed by atoms with Gasteiger partial charge in [0.05, 0.1) is 35.1 Å². The normalized spacial score (nSPS) is 18.1. The molecule has 1 aromatic carbocycles. The second-order valence-corrected chi connectivity index (χ2v) is 11.7. The molecule has 214 valence electrons. The van der Waals surface area contributed by atoms with Crippen molar-refractivity contribution in [3.8, 4) is 17.1 Å². The lowest BCUT2D eigenvalue weighted by Crippen LogP contribution is -2.20. The largest absolute Gasteiger partial charge is 0.477 e. The van der Waals surface area contributed by atoms with E-state index in [0.717, 1.165) is 60.2 Å². The maximum absolute atomic E-state index is 13.7. The highest BCUT2D eigenvalue weighted by atomic mass is 16.5. The van der Waals surface area contributed by atoms with E-state index >= 15 is 0 Å². The van der Waals surface area contributed by atoms with Crippen molar-refractivity contribution in [3.63, 3.8) is 0 Å². The Kier molecular flexibility index (Phi) is 7.62. The van der Waals surface area contributed by atoms with Gasteiger partial charge >= 0.3 is 0 Å². The van der Waals surface area contributed by atoms with Gasteiger partial charge in [-0.15, -0.1) is 0 Å². The number of hydrogen-bond acceptors (Lipinski definition) is 6. The highest BCUT2D eigenvalue weighted by molar-refractivity contribution is 6.05. The lowest BCUT2D eigenvalue weighted by atomic mass is 9.97. The van der Waals surface area contributed by atoms with Gasteiger partial charge in [-0.2, -0.15) is 5.10 Å². The van der Waals surface area contributed by atoms with Gasteiger partial charge in [0.15, 0.2) is 0 Å². The summed E-state index contributed by atoms with van der Waals surface area (Å²) < 4.78 is 10.2. The van der Waals surface area contributed by atoms with Crippen LogP contribution in [-0.4, -0.2) is 62.4 Å². The number of carbonyl (C=O) groups excluding carboxylic acids is 1. The van der Waals surface area contributed by atoms with Crippen molar-refractivity contribution < 1.29 is 9.53 Å². The quantitative estimate of drug-likeness (QED) is 0.348. The van der Waals surface area contributed by atoms with E-state index in [0.29, 0.717) is 41.5 Å². The smallest absolute Gasteiger partial charge is 0.258 e. The highest BCUT2D eigenvalue weighted by Gasteiger charge is 2.32. The van der Waals surface area contributed by atoms with Gasteiger partial charge in [-0.3, -0.25) is 15.1 Å². The molecule has 1 amide bonds. The van der Waals surface area contributed by atoms with Crippen LogP contribution in [0.4, 0.5) is 5.95 Å². The number of pyridine rings is 1. The van der Waals surface area contributed by atoms with Crippen LogP contribution >= 0.6 is 0 Å². The lowest BCUT2D eigenvalue weighted by Gasteiger charge is -2.19. The van der Waals surface area contributed by atoms with Crippen LogP contribution in [0.2, 0.25) is 0 Å². The van der Waals surface area contributed by atoms with Crippen LogP contribution in [0.5, 0.6) is 5.88 Å². The third-order valence-corrected chi connectivity index (χ3v) is 8.09. The molecule has 6 rings (SSSR count). The summed E-state index contributed by atoms with van der Waals surface area (Å²) in [5.41, 5.74) is 5.81. The molecule has 0 unspecified atom stereocenters. The Bertz CT molecular complexity index is 1600. The monoisotopic (exact) mass is 553 g/mol. The van der Waals surface area contributed by atoms with Gasteiger partial charge in [-0.25, -0.2) is 9.67 Å². The number of amides is 1. The first-order valence-corrected chi connectivity index (χ1v) is 14.6. The number of nitrogens with one attached hydrogen (secondary N) is 1. The topological polar surface area (TPSA) is 90.1 Å². The molecule has 1 aliphatic carbocycles. The Morgan fingerprint density at radius 1 is 1.12 bits per heavy atom. The van der Waals surface area contributed by atoms with Gasteiger partial charge in [0, 0.05) is 31.4 Å². The fraction of sp³-hybridized carbons (Fsp3) is 0.438. The first kappa shape index (κ1) is 27.2. The van der Waals surface area contributed by atoms with Crippen molar-refractivity contribution in [1.82, 2.24) is 29.2 Å². The number of nitrogens with zero attached hydrogens (tertiary/aromatic N) is 6. The zero-order chi connectivity index (χ0) is 28.5. The molecular formula is C32H39N7O2. The Labute approximate surface area is 241 Å². The van der Waals surface area contributed by atoms with Crippen molar-refractivity contribution in [2.75, 3.05) is 32.6 Å². The van der Waals surface area contributed by atoms with Crippen LogP contribution in [0.1, 0.15) is 53.7 Å². The number of hydrogen-bond donors (Lipinski definition) is 1. The van der Waals surface area contributed by atoms with Gasteiger partial charge in [0.1, 0.15) is 0 Å². The van der Waals surface area contributed by atoms with E-state index in [4.69, 9.17) is 14.7 Å². The van der Waals surface area contributed by atoms with Crippen molar-refractivity contribution >= 4 is 29.0 Å². The molecule has 4 aromatic rings. The fourth-order valence-corrected chi connectivity index (χ4v) is 5.75. The van der Waals surface area contributed by atoms with Crippen LogP contribution in [0, 0.1) is 18.8 Å². The molecule has 0 saturated heterocycles. The second kappa shape index (κ2) is 11.5. The standard InChI is InChI=1S/C32H39N7O2/c1-21-16-25-18-28(34-21)26-19-33-38(4)31(26)41-15-7-9-24(23-11-12-23)20-39-29-17-22(8-5-6-14-37(2)3)10-13-27(29)35-32(39)36-30(25)40/h5,8,10,13,16-19,23-24H,6-7,9,11-12,14-15,20H2,1-4H3,(H,35,36,40)/t24-/m1/s1. The van der Waals surface area contributed by atoms with Gasteiger partial charge in [-0.05, 0) is 94.8 Å². The molecule has 41 heavy (non-hydrogen) atoms. The van der Waals surface area contributed by atoms with E-state index < -0.39 is 0 Å². The summed E-state index contributed by atoms with van der Waals surface area (Å²) >= 11 is 0. The van der Waals surface area contributed by atoms with Gasteiger partial charge in [0.2, 0.25) is 11.8 Å². The number of anilines is 1. The molecule has 9 heteroatoms. The molecule has 2 aliphatic rings. The first-order valence-electron chi connectivity index (χ1n) is 14.6. The van der Waals surface area contributed by atoms with Crippen LogP contribution < -0.4 is 10.1 Å². The Hall–Kier alpha value is -3.98. The summed E-state index contributed by atoms with van der Waals surface area (Å²) in [4.78, 5) is 25.5. The highest BCUT2D eigenvalue weighted by Crippen LogP contribution is 2.41. The van der Waals surface area contributed by atoms with Gasteiger partial charge in [0.25, 0.3) is 5.91 Å². The predicted molar refractivity (Wildman–Crippen MR) is 162 cm³/mol. The van der Waals surface area contributed by atoms with Crippen LogP contribution in [0.15, 0.2) is 42.6 Å². The number of benzene rings is 1. The van der Waals surface area contributed by atoms with Crippen molar-refractivity contribution in [3.05, 3.63) is 59.4 Å². The molecule has 1 N–H and O–H groups in total. The minimum atomic E-state index is -0.207.